The molecular weight excluding hydrogens is 274 g/mol. The summed E-state index contributed by atoms with van der Waals surface area (Å²) in [5, 5.41) is 0. The molecule has 0 radical (unpaired) electrons. The third-order valence-corrected chi connectivity index (χ3v) is 3.07. The maximum Gasteiger partial charge on any atom is 0.194 e. The lowest BCUT2D eigenvalue weighted by Gasteiger charge is -2.06. The van der Waals surface area contributed by atoms with Crippen LogP contribution in [0.4, 0.5) is 8.78 Å². The van der Waals surface area contributed by atoms with Crippen LogP contribution >= 0.6 is 0 Å². The maximum atomic E-state index is 13.4. The SMILES string of the molecule is O=C(COCCCc1ccccc1)c1c(F)cccc1F. The van der Waals surface area contributed by atoms with Crippen LogP contribution in [-0.4, -0.2) is 19.0 Å². The van der Waals surface area contributed by atoms with E-state index in [9.17, 15) is 13.6 Å². The first-order chi connectivity index (χ1) is 10.2. The van der Waals surface area contributed by atoms with Gasteiger partial charge >= 0.3 is 0 Å². The van der Waals surface area contributed by atoms with Crippen molar-refractivity contribution in [1.82, 2.24) is 0 Å². The third-order valence-electron chi connectivity index (χ3n) is 3.07. The van der Waals surface area contributed by atoms with Gasteiger partial charge in [-0.2, -0.15) is 0 Å². The van der Waals surface area contributed by atoms with Gasteiger partial charge in [0.25, 0.3) is 0 Å². The van der Waals surface area contributed by atoms with Crippen molar-refractivity contribution in [2.24, 2.45) is 0 Å². The number of carbonyl (C=O) groups excluding carboxylic acids is 1. The highest BCUT2D eigenvalue weighted by Gasteiger charge is 2.16. The Kier molecular flexibility index (Phi) is 5.58. The summed E-state index contributed by atoms with van der Waals surface area (Å²) < 4.78 is 32.0. The Bertz CT molecular complexity index is 577. The van der Waals surface area contributed by atoms with E-state index in [1.165, 1.54) is 11.6 Å². The van der Waals surface area contributed by atoms with Gasteiger partial charge in [0.1, 0.15) is 18.2 Å². The van der Waals surface area contributed by atoms with Crippen molar-refractivity contribution in [2.45, 2.75) is 12.8 Å². The smallest absolute Gasteiger partial charge is 0.194 e. The number of hydrogen-bond donors (Lipinski definition) is 0. The molecule has 0 saturated carbocycles. The third kappa shape index (κ3) is 4.46. The molecule has 0 unspecified atom stereocenters. The Hall–Kier alpha value is -2.07. The van der Waals surface area contributed by atoms with E-state index in [4.69, 9.17) is 4.74 Å². The minimum Gasteiger partial charge on any atom is -0.373 e. The molecule has 2 aromatic rings. The lowest BCUT2D eigenvalue weighted by Crippen LogP contribution is -2.13. The van der Waals surface area contributed by atoms with Crippen molar-refractivity contribution in [3.05, 3.63) is 71.3 Å². The van der Waals surface area contributed by atoms with Crippen LogP contribution in [0.15, 0.2) is 48.5 Å². The zero-order valence-electron chi connectivity index (χ0n) is 11.5. The second kappa shape index (κ2) is 7.64. The van der Waals surface area contributed by atoms with Crippen molar-refractivity contribution in [2.75, 3.05) is 13.2 Å². The standard InChI is InChI=1S/C17H16F2O2/c18-14-9-4-10-15(19)17(14)16(20)12-21-11-5-8-13-6-2-1-3-7-13/h1-4,6-7,9-10H,5,8,11-12H2. The van der Waals surface area contributed by atoms with E-state index in [1.54, 1.807) is 0 Å². The summed E-state index contributed by atoms with van der Waals surface area (Å²) >= 11 is 0. The highest BCUT2D eigenvalue weighted by Crippen LogP contribution is 2.13. The van der Waals surface area contributed by atoms with Crippen LogP contribution in [0.5, 0.6) is 0 Å². The van der Waals surface area contributed by atoms with Crippen molar-refractivity contribution < 1.29 is 18.3 Å². The second-order valence-electron chi connectivity index (χ2n) is 4.66. The number of aryl methyl sites for hydroxylation is 1. The van der Waals surface area contributed by atoms with Crippen LogP contribution < -0.4 is 0 Å². The number of halogens is 2. The molecule has 21 heavy (non-hydrogen) atoms. The van der Waals surface area contributed by atoms with Gasteiger partial charge in [0, 0.05) is 6.61 Å². The largest absolute Gasteiger partial charge is 0.373 e. The molecule has 0 aliphatic rings. The lowest BCUT2D eigenvalue weighted by atomic mass is 10.1. The lowest BCUT2D eigenvalue weighted by molar-refractivity contribution is 0.0747. The van der Waals surface area contributed by atoms with E-state index in [2.05, 4.69) is 0 Å². The highest BCUT2D eigenvalue weighted by atomic mass is 19.1. The quantitative estimate of drug-likeness (QED) is 0.573. The highest BCUT2D eigenvalue weighted by molar-refractivity contribution is 5.97. The molecular formula is C17H16F2O2. The van der Waals surface area contributed by atoms with Gasteiger partial charge in [-0.25, -0.2) is 8.78 Å². The van der Waals surface area contributed by atoms with Crippen molar-refractivity contribution in [3.8, 4) is 0 Å². The normalized spacial score (nSPS) is 10.6. The topological polar surface area (TPSA) is 26.3 Å². The molecule has 0 saturated heterocycles. The molecule has 110 valence electrons. The second-order valence-corrected chi connectivity index (χ2v) is 4.66. The average Bonchev–Trinajstić information content (AvgIpc) is 2.48. The molecule has 2 rings (SSSR count). The molecule has 0 atom stereocenters. The molecule has 4 heteroatoms. The predicted molar refractivity (Wildman–Crippen MR) is 76.3 cm³/mol. The molecule has 0 aliphatic heterocycles. The summed E-state index contributed by atoms with van der Waals surface area (Å²) in [5.74, 6) is -2.38. The molecule has 0 amide bonds. The van der Waals surface area contributed by atoms with Crippen molar-refractivity contribution in [3.63, 3.8) is 0 Å². The van der Waals surface area contributed by atoms with Crippen molar-refractivity contribution in [1.29, 1.82) is 0 Å². The van der Waals surface area contributed by atoms with Gasteiger partial charge in [-0.05, 0) is 30.5 Å². The van der Waals surface area contributed by atoms with Gasteiger partial charge in [0.2, 0.25) is 0 Å². The number of hydrogen-bond acceptors (Lipinski definition) is 2. The number of ketones is 1. The van der Waals surface area contributed by atoms with E-state index in [0.717, 1.165) is 25.0 Å². The zero-order valence-corrected chi connectivity index (χ0v) is 11.5. The summed E-state index contributed by atoms with van der Waals surface area (Å²) in [6, 6.07) is 13.2. The summed E-state index contributed by atoms with van der Waals surface area (Å²) in [6.45, 7) is 0.0589. The van der Waals surface area contributed by atoms with E-state index >= 15 is 0 Å². The average molecular weight is 290 g/mol. The van der Waals surface area contributed by atoms with Crippen LogP contribution in [0.3, 0.4) is 0 Å². The van der Waals surface area contributed by atoms with E-state index < -0.39 is 23.0 Å². The first-order valence-corrected chi connectivity index (χ1v) is 6.77. The number of benzene rings is 2. The van der Waals surface area contributed by atoms with Crippen LogP contribution in [0.1, 0.15) is 22.3 Å². The fraction of sp³-hybridized carbons (Fsp3) is 0.235. The van der Waals surface area contributed by atoms with Gasteiger partial charge < -0.3 is 4.74 Å². The minimum absolute atomic E-state index is 0.313. The first-order valence-electron chi connectivity index (χ1n) is 6.77. The van der Waals surface area contributed by atoms with Gasteiger partial charge in [-0.1, -0.05) is 36.4 Å². The zero-order chi connectivity index (χ0) is 15.1. The minimum atomic E-state index is -0.854. The number of rotatable bonds is 7. The van der Waals surface area contributed by atoms with Gasteiger partial charge in [0.05, 0.1) is 5.56 Å². The van der Waals surface area contributed by atoms with Gasteiger partial charge in [-0.15, -0.1) is 0 Å². The Morgan fingerprint density at radius 2 is 1.62 bits per heavy atom. The molecule has 2 aromatic carbocycles. The Labute approximate surface area is 122 Å². The molecule has 0 N–H and O–H groups in total. The number of ether oxygens (including phenoxy) is 1. The van der Waals surface area contributed by atoms with Gasteiger partial charge in [-0.3, -0.25) is 4.79 Å². The van der Waals surface area contributed by atoms with Crippen LogP contribution in [0, 0.1) is 11.6 Å². The predicted octanol–water partition coefficient (Wildman–Crippen LogP) is 3.80. The maximum absolute atomic E-state index is 13.4. The number of Topliss-reactive ketones (excluding diaryl/α,β-unsaturated/α-hetero) is 1. The fourth-order valence-corrected chi connectivity index (χ4v) is 2.02. The fourth-order valence-electron chi connectivity index (χ4n) is 2.02. The van der Waals surface area contributed by atoms with E-state index in [0.29, 0.717) is 6.61 Å². The molecule has 0 aliphatic carbocycles. The summed E-state index contributed by atoms with van der Waals surface area (Å²) in [5.41, 5.74) is 0.660. The van der Waals surface area contributed by atoms with Gasteiger partial charge in [0.15, 0.2) is 5.78 Å². The van der Waals surface area contributed by atoms with Crippen LogP contribution in [0.25, 0.3) is 0 Å². The van der Waals surface area contributed by atoms with Crippen LogP contribution in [0.2, 0.25) is 0 Å². The summed E-state index contributed by atoms with van der Waals surface area (Å²) in [4.78, 5) is 11.7. The van der Waals surface area contributed by atoms with E-state index in [-0.39, 0.29) is 6.61 Å². The molecule has 0 aromatic heterocycles. The summed E-state index contributed by atoms with van der Waals surface area (Å²) in [6.07, 6.45) is 1.58. The first kappa shape index (κ1) is 15.3. The monoisotopic (exact) mass is 290 g/mol. The molecule has 0 spiro atoms. The molecule has 0 bridgehead atoms. The Morgan fingerprint density at radius 1 is 0.952 bits per heavy atom. The Balaban J connectivity index is 1.75. The van der Waals surface area contributed by atoms with E-state index in [1.807, 2.05) is 30.3 Å². The number of carbonyl (C=O) groups is 1. The molecule has 0 fully saturated rings. The van der Waals surface area contributed by atoms with Crippen molar-refractivity contribution >= 4 is 5.78 Å². The Morgan fingerprint density at radius 3 is 2.29 bits per heavy atom. The molecule has 0 heterocycles. The molecule has 2 nitrogen and oxygen atoms in total. The summed E-state index contributed by atoms with van der Waals surface area (Å²) in [7, 11) is 0. The van der Waals surface area contributed by atoms with Crippen LogP contribution in [-0.2, 0) is 11.2 Å².